The number of hydrogen-bond donors (Lipinski definition) is 1. The number of carbonyl (C=O) groups is 2. The number of carbonyl (C=O) groups excluding carboxylic acids is 2. The summed E-state index contributed by atoms with van der Waals surface area (Å²) < 4.78 is 37.8. The standard InChI is InChI=1S/C18H26N2O6S/c1-3-18(22)26-13-17(21)19-14-8-9-15(25-4-2)16(12-14)27(23,24)20-10-6-5-7-11-20/h8-9,12H,3-7,10-11,13H2,1-2H3,(H,19,21). The monoisotopic (exact) mass is 398 g/mol. The van der Waals surface area contributed by atoms with E-state index in [1.54, 1.807) is 19.9 Å². The van der Waals surface area contributed by atoms with Crippen LogP contribution < -0.4 is 10.1 Å². The van der Waals surface area contributed by atoms with Gasteiger partial charge in [-0.15, -0.1) is 0 Å². The largest absolute Gasteiger partial charge is 0.492 e. The first-order valence-electron chi connectivity index (χ1n) is 9.11. The zero-order valence-electron chi connectivity index (χ0n) is 15.7. The van der Waals surface area contributed by atoms with E-state index in [0.717, 1.165) is 19.3 Å². The maximum Gasteiger partial charge on any atom is 0.306 e. The number of piperidine rings is 1. The maximum absolute atomic E-state index is 13.0. The Morgan fingerprint density at radius 2 is 1.85 bits per heavy atom. The number of sulfonamides is 1. The second-order valence-electron chi connectivity index (χ2n) is 6.12. The van der Waals surface area contributed by atoms with E-state index in [0.29, 0.717) is 25.4 Å². The highest BCUT2D eigenvalue weighted by molar-refractivity contribution is 7.89. The first-order valence-corrected chi connectivity index (χ1v) is 10.5. The molecule has 1 heterocycles. The topological polar surface area (TPSA) is 102 Å². The van der Waals surface area contributed by atoms with Crippen molar-refractivity contribution in [3.05, 3.63) is 18.2 Å². The molecule has 8 nitrogen and oxygen atoms in total. The number of ether oxygens (including phenoxy) is 2. The van der Waals surface area contributed by atoms with Crippen LogP contribution in [0.1, 0.15) is 39.5 Å². The van der Waals surface area contributed by atoms with Gasteiger partial charge >= 0.3 is 5.97 Å². The molecule has 1 aliphatic rings. The van der Waals surface area contributed by atoms with Crippen LogP contribution in [0.4, 0.5) is 5.69 Å². The summed E-state index contributed by atoms with van der Waals surface area (Å²) in [6.45, 7) is 4.24. The van der Waals surface area contributed by atoms with Crippen molar-refractivity contribution < 1.29 is 27.5 Å². The highest BCUT2D eigenvalue weighted by atomic mass is 32.2. The van der Waals surface area contributed by atoms with Crippen molar-refractivity contribution >= 4 is 27.6 Å². The first-order chi connectivity index (χ1) is 12.9. The van der Waals surface area contributed by atoms with Gasteiger partial charge in [0.25, 0.3) is 5.91 Å². The molecule has 1 aromatic carbocycles. The third-order valence-electron chi connectivity index (χ3n) is 4.11. The minimum atomic E-state index is -3.73. The number of anilines is 1. The zero-order valence-corrected chi connectivity index (χ0v) is 16.5. The first kappa shape index (κ1) is 21.2. The number of rotatable bonds is 8. The van der Waals surface area contributed by atoms with Crippen molar-refractivity contribution in [2.75, 3.05) is 31.6 Å². The molecule has 0 atom stereocenters. The van der Waals surface area contributed by atoms with Crippen molar-refractivity contribution in [2.24, 2.45) is 0 Å². The van der Waals surface area contributed by atoms with Crippen LogP contribution in [-0.4, -0.2) is 50.9 Å². The van der Waals surface area contributed by atoms with E-state index in [1.807, 2.05) is 0 Å². The second-order valence-corrected chi connectivity index (χ2v) is 8.03. The third-order valence-corrected chi connectivity index (χ3v) is 6.03. The molecule has 0 radical (unpaired) electrons. The van der Waals surface area contributed by atoms with Gasteiger partial charge in [-0.25, -0.2) is 8.42 Å². The molecule has 0 aromatic heterocycles. The summed E-state index contributed by atoms with van der Waals surface area (Å²) >= 11 is 0. The molecule has 1 aliphatic heterocycles. The molecule has 1 aromatic rings. The van der Waals surface area contributed by atoms with E-state index in [2.05, 4.69) is 5.32 Å². The van der Waals surface area contributed by atoms with Crippen molar-refractivity contribution in [2.45, 2.75) is 44.4 Å². The summed E-state index contributed by atoms with van der Waals surface area (Å²) in [5.74, 6) is -0.772. The van der Waals surface area contributed by atoms with Gasteiger partial charge in [-0.3, -0.25) is 9.59 Å². The fourth-order valence-corrected chi connectivity index (χ4v) is 4.43. The number of hydrogen-bond acceptors (Lipinski definition) is 6. The van der Waals surface area contributed by atoms with Crippen LogP contribution in [0, 0.1) is 0 Å². The van der Waals surface area contributed by atoms with E-state index in [9.17, 15) is 18.0 Å². The Morgan fingerprint density at radius 3 is 2.48 bits per heavy atom. The SMILES string of the molecule is CCOc1ccc(NC(=O)COC(=O)CC)cc1S(=O)(=O)N1CCCCC1. The summed E-state index contributed by atoms with van der Waals surface area (Å²) in [7, 11) is -3.73. The van der Waals surface area contributed by atoms with E-state index in [-0.39, 0.29) is 17.1 Å². The molecule has 2 rings (SSSR count). The average molecular weight is 398 g/mol. The molecular weight excluding hydrogens is 372 g/mol. The minimum Gasteiger partial charge on any atom is -0.492 e. The molecule has 0 spiro atoms. The molecule has 150 valence electrons. The van der Waals surface area contributed by atoms with Gasteiger partial charge in [0.1, 0.15) is 10.6 Å². The van der Waals surface area contributed by atoms with Gasteiger partial charge in [0, 0.05) is 25.2 Å². The fraction of sp³-hybridized carbons (Fsp3) is 0.556. The predicted molar refractivity (Wildman–Crippen MR) is 100 cm³/mol. The molecule has 0 saturated carbocycles. The van der Waals surface area contributed by atoms with Crippen LogP contribution in [0.5, 0.6) is 5.75 Å². The van der Waals surface area contributed by atoms with Crippen LogP contribution in [-0.2, 0) is 24.3 Å². The summed E-state index contributed by atoms with van der Waals surface area (Å²) in [6, 6.07) is 4.46. The molecule has 1 amide bonds. The van der Waals surface area contributed by atoms with Crippen molar-refractivity contribution in [3.63, 3.8) is 0 Å². The Morgan fingerprint density at radius 1 is 1.15 bits per heavy atom. The van der Waals surface area contributed by atoms with Crippen LogP contribution in [0.25, 0.3) is 0 Å². The molecule has 1 fully saturated rings. The lowest BCUT2D eigenvalue weighted by Crippen LogP contribution is -2.35. The zero-order chi connectivity index (χ0) is 19.9. The predicted octanol–water partition coefficient (Wildman–Crippen LogP) is 2.15. The van der Waals surface area contributed by atoms with Crippen molar-refractivity contribution in [1.29, 1.82) is 0 Å². The van der Waals surface area contributed by atoms with E-state index in [4.69, 9.17) is 9.47 Å². The maximum atomic E-state index is 13.0. The van der Waals surface area contributed by atoms with Crippen LogP contribution in [0.3, 0.4) is 0 Å². The molecule has 0 bridgehead atoms. The number of benzene rings is 1. The number of nitrogens with zero attached hydrogens (tertiary/aromatic N) is 1. The van der Waals surface area contributed by atoms with Gasteiger partial charge in [0.2, 0.25) is 10.0 Å². The van der Waals surface area contributed by atoms with Crippen LogP contribution in [0.2, 0.25) is 0 Å². The Bertz CT molecular complexity index is 772. The lowest BCUT2D eigenvalue weighted by molar-refractivity contribution is -0.146. The van der Waals surface area contributed by atoms with Gasteiger partial charge in [0.05, 0.1) is 6.61 Å². The van der Waals surface area contributed by atoms with Gasteiger partial charge < -0.3 is 14.8 Å². The summed E-state index contributed by atoms with van der Waals surface area (Å²) in [4.78, 5) is 23.1. The summed E-state index contributed by atoms with van der Waals surface area (Å²) in [5, 5.41) is 2.55. The van der Waals surface area contributed by atoms with Gasteiger partial charge in [0.15, 0.2) is 6.61 Å². The van der Waals surface area contributed by atoms with E-state index < -0.39 is 28.5 Å². The molecule has 1 N–H and O–H groups in total. The Labute approximate surface area is 159 Å². The minimum absolute atomic E-state index is 0.0228. The summed E-state index contributed by atoms with van der Waals surface area (Å²) in [5.41, 5.74) is 0.298. The highest BCUT2D eigenvalue weighted by Gasteiger charge is 2.29. The number of esters is 1. The number of nitrogens with one attached hydrogen (secondary N) is 1. The lowest BCUT2D eigenvalue weighted by Gasteiger charge is -2.27. The Hall–Kier alpha value is -2.13. The molecular formula is C18H26N2O6S. The van der Waals surface area contributed by atoms with Crippen molar-refractivity contribution in [3.8, 4) is 5.75 Å². The lowest BCUT2D eigenvalue weighted by atomic mass is 10.2. The fourth-order valence-electron chi connectivity index (χ4n) is 2.75. The smallest absolute Gasteiger partial charge is 0.306 e. The van der Waals surface area contributed by atoms with E-state index >= 15 is 0 Å². The van der Waals surface area contributed by atoms with Gasteiger partial charge in [-0.2, -0.15) is 4.31 Å². The second kappa shape index (κ2) is 9.70. The molecule has 9 heteroatoms. The van der Waals surface area contributed by atoms with E-state index in [1.165, 1.54) is 16.4 Å². The number of amides is 1. The van der Waals surface area contributed by atoms with Crippen molar-refractivity contribution in [1.82, 2.24) is 4.31 Å². The summed E-state index contributed by atoms with van der Waals surface area (Å²) in [6.07, 6.45) is 2.83. The van der Waals surface area contributed by atoms with Gasteiger partial charge in [-0.05, 0) is 38.0 Å². The van der Waals surface area contributed by atoms with Gasteiger partial charge in [-0.1, -0.05) is 13.3 Å². The van der Waals surface area contributed by atoms with Crippen LogP contribution in [0.15, 0.2) is 23.1 Å². The highest BCUT2D eigenvalue weighted by Crippen LogP contribution is 2.31. The quantitative estimate of drug-likeness (QED) is 0.673. The molecule has 1 saturated heterocycles. The normalized spacial score (nSPS) is 15.2. The molecule has 0 aliphatic carbocycles. The third kappa shape index (κ3) is 5.67. The van der Waals surface area contributed by atoms with Crippen LogP contribution >= 0.6 is 0 Å². The average Bonchev–Trinajstić information content (AvgIpc) is 2.68. The Balaban J connectivity index is 2.23. The Kier molecular flexibility index (Phi) is 7.61. The molecule has 27 heavy (non-hydrogen) atoms. The molecule has 0 unspecified atom stereocenters.